The predicted molar refractivity (Wildman–Crippen MR) is 81.4 cm³/mol. The lowest BCUT2D eigenvalue weighted by Crippen LogP contribution is -2.26. The van der Waals surface area contributed by atoms with E-state index in [1.807, 2.05) is 54.6 Å². The Morgan fingerprint density at radius 2 is 1.81 bits per heavy atom. The molecule has 0 bridgehead atoms. The van der Waals surface area contributed by atoms with Crippen LogP contribution in [0.1, 0.15) is 11.6 Å². The first-order valence-electron chi connectivity index (χ1n) is 6.68. The molecule has 1 atom stereocenters. The summed E-state index contributed by atoms with van der Waals surface area (Å²) in [6.07, 6.45) is 4.98. The molecule has 0 aliphatic carbocycles. The summed E-state index contributed by atoms with van der Waals surface area (Å²) < 4.78 is 1.71. The highest BCUT2D eigenvalue weighted by Gasteiger charge is 2.19. The summed E-state index contributed by atoms with van der Waals surface area (Å²) in [6.45, 7) is 0. The van der Waals surface area contributed by atoms with Gasteiger partial charge in [-0.15, -0.1) is 0 Å². The molecule has 4 heteroatoms. The third-order valence-electron chi connectivity index (χ3n) is 3.40. The van der Waals surface area contributed by atoms with Crippen LogP contribution in [0.2, 0.25) is 0 Å². The molecule has 21 heavy (non-hydrogen) atoms. The minimum absolute atomic E-state index is 0.404. The SMILES string of the molecule is NC(=O)C(c1cccc(-c2ccccc2)c1)n1ccnc1. The monoisotopic (exact) mass is 277 g/mol. The van der Waals surface area contributed by atoms with Crippen LogP contribution in [0.25, 0.3) is 11.1 Å². The van der Waals surface area contributed by atoms with E-state index in [9.17, 15) is 4.79 Å². The number of amides is 1. The Morgan fingerprint density at radius 3 is 2.48 bits per heavy atom. The fourth-order valence-electron chi connectivity index (χ4n) is 2.42. The van der Waals surface area contributed by atoms with E-state index < -0.39 is 11.9 Å². The molecule has 2 aromatic carbocycles. The second-order valence-corrected chi connectivity index (χ2v) is 4.81. The minimum atomic E-state index is -0.545. The molecule has 1 amide bonds. The number of carbonyl (C=O) groups is 1. The second-order valence-electron chi connectivity index (χ2n) is 4.81. The third kappa shape index (κ3) is 2.69. The molecule has 4 nitrogen and oxygen atoms in total. The van der Waals surface area contributed by atoms with E-state index in [1.54, 1.807) is 23.3 Å². The van der Waals surface area contributed by atoms with Gasteiger partial charge in [-0.05, 0) is 22.8 Å². The maximum Gasteiger partial charge on any atom is 0.245 e. The lowest BCUT2D eigenvalue weighted by Gasteiger charge is -2.16. The van der Waals surface area contributed by atoms with E-state index in [1.165, 1.54) is 0 Å². The second kappa shape index (κ2) is 5.63. The van der Waals surface area contributed by atoms with Gasteiger partial charge in [0.25, 0.3) is 0 Å². The number of nitrogens with two attached hydrogens (primary N) is 1. The molecule has 0 saturated heterocycles. The van der Waals surface area contributed by atoms with Crippen molar-refractivity contribution in [3.8, 4) is 11.1 Å². The molecule has 3 aromatic rings. The third-order valence-corrected chi connectivity index (χ3v) is 3.40. The lowest BCUT2D eigenvalue weighted by molar-refractivity contribution is -0.120. The van der Waals surface area contributed by atoms with Crippen molar-refractivity contribution in [3.05, 3.63) is 78.9 Å². The van der Waals surface area contributed by atoms with Gasteiger partial charge >= 0.3 is 0 Å². The Kier molecular flexibility index (Phi) is 3.51. The molecule has 1 heterocycles. The van der Waals surface area contributed by atoms with E-state index >= 15 is 0 Å². The molecule has 0 aliphatic heterocycles. The highest BCUT2D eigenvalue weighted by Crippen LogP contribution is 2.25. The molecule has 1 unspecified atom stereocenters. The number of carbonyl (C=O) groups excluding carboxylic acids is 1. The van der Waals surface area contributed by atoms with Crippen molar-refractivity contribution in [2.75, 3.05) is 0 Å². The van der Waals surface area contributed by atoms with Crippen LogP contribution in [-0.4, -0.2) is 15.5 Å². The number of primary amides is 1. The minimum Gasteiger partial charge on any atom is -0.368 e. The van der Waals surface area contributed by atoms with Gasteiger partial charge in [-0.1, -0.05) is 48.5 Å². The van der Waals surface area contributed by atoms with E-state index in [2.05, 4.69) is 4.98 Å². The number of aromatic nitrogens is 2. The first-order chi connectivity index (χ1) is 10.3. The predicted octanol–water partition coefficient (Wildman–Crippen LogP) is 2.62. The van der Waals surface area contributed by atoms with E-state index in [4.69, 9.17) is 5.73 Å². The number of imidazole rings is 1. The van der Waals surface area contributed by atoms with E-state index in [0.29, 0.717) is 0 Å². The zero-order valence-electron chi connectivity index (χ0n) is 11.4. The fraction of sp³-hybridized carbons (Fsp3) is 0.0588. The van der Waals surface area contributed by atoms with Crippen LogP contribution in [0.5, 0.6) is 0 Å². The molecule has 0 fully saturated rings. The van der Waals surface area contributed by atoms with Crippen molar-refractivity contribution in [2.45, 2.75) is 6.04 Å². The van der Waals surface area contributed by atoms with Gasteiger partial charge in [0.1, 0.15) is 6.04 Å². The van der Waals surface area contributed by atoms with Crippen molar-refractivity contribution in [2.24, 2.45) is 5.73 Å². The van der Waals surface area contributed by atoms with E-state index in [0.717, 1.165) is 16.7 Å². The van der Waals surface area contributed by atoms with Gasteiger partial charge in [0.15, 0.2) is 0 Å². The van der Waals surface area contributed by atoms with Gasteiger partial charge in [0, 0.05) is 12.4 Å². The quantitative estimate of drug-likeness (QED) is 0.797. The first-order valence-corrected chi connectivity index (χ1v) is 6.68. The molecule has 0 saturated carbocycles. The maximum atomic E-state index is 11.8. The Bertz CT molecular complexity index is 736. The number of rotatable bonds is 4. The van der Waals surface area contributed by atoms with E-state index in [-0.39, 0.29) is 0 Å². The van der Waals surface area contributed by atoms with Crippen LogP contribution in [0.4, 0.5) is 0 Å². The molecule has 0 aliphatic rings. The lowest BCUT2D eigenvalue weighted by atomic mass is 9.99. The molecule has 2 N–H and O–H groups in total. The summed E-state index contributed by atoms with van der Waals surface area (Å²) >= 11 is 0. The van der Waals surface area contributed by atoms with Crippen molar-refractivity contribution in [1.82, 2.24) is 9.55 Å². The van der Waals surface area contributed by atoms with Crippen LogP contribution < -0.4 is 5.73 Å². The normalized spacial score (nSPS) is 12.0. The zero-order chi connectivity index (χ0) is 14.7. The van der Waals surface area contributed by atoms with Gasteiger partial charge in [-0.3, -0.25) is 4.79 Å². The van der Waals surface area contributed by atoms with Crippen LogP contribution in [0.15, 0.2) is 73.3 Å². The highest BCUT2D eigenvalue weighted by atomic mass is 16.1. The largest absolute Gasteiger partial charge is 0.368 e. The number of nitrogens with zero attached hydrogens (tertiary/aromatic N) is 2. The summed E-state index contributed by atoms with van der Waals surface area (Å²) in [4.78, 5) is 15.8. The Hall–Kier alpha value is -2.88. The first kappa shape index (κ1) is 13.1. The Balaban J connectivity index is 2.04. The molecular formula is C17H15N3O. The Labute approximate surface area is 122 Å². The average molecular weight is 277 g/mol. The van der Waals surface area contributed by atoms with Crippen LogP contribution in [0.3, 0.4) is 0 Å². The molecule has 1 aromatic heterocycles. The number of benzene rings is 2. The van der Waals surface area contributed by atoms with Gasteiger partial charge in [-0.2, -0.15) is 0 Å². The molecular weight excluding hydrogens is 262 g/mol. The van der Waals surface area contributed by atoms with Crippen molar-refractivity contribution in [1.29, 1.82) is 0 Å². The highest BCUT2D eigenvalue weighted by molar-refractivity contribution is 5.82. The molecule has 0 radical (unpaired) electrons. The van der Waals surface area contributed by atoms with Crippen molar-refractivity contribution < 1.29 is 4.79 Å². The van der Waals surface area contributed by atoms with Gasteiger partial charge < -0.3 is 10.3 Å². The van der Waals surface area contributed by atoms with Crippen molar-refractivity contribution >= 4 is 5.91 Å². The van der Waals surface area contributed by atoms with Gasteiger partial charge in [0.05, 0.1) is 6.33 Å². The van der Waals surface area contributed by atoms with Crippen LogP contribution >= 0.6 is 0 Å². The maximum absolute atomic E-state index is 11.8. The summed E-state index contributed by atoms with van der Waals surface area (Å²) in [5.74, 6) is -0.404. The smallest absolute Gasteiger partial charge is 0.245 e. The molecule has 3 rings (SSSR count). The van der Waals surface area contributed by atoms with Crippen LogP contribution in [0, 0.1) is 0 Å². The van der Waals surface area contributed by atoms with Gasteiger partial charge in [0.2, 0.25) is 5.91 Å². The average Bonchev–Trinajstić information content (AvgIpc) is 3.02. The fourth-order valence-corrected chi connectivity index (χ4v) is 2.42. The van der Waals surface area contributed by atoms with Gasteiger partial charge in [-0.25, -0.2) is 4.98 Å². The summed E-state index contributed by atoms with van der Waals surface area (Å²) in [7, 11) is 0. The van der Waals surface area contributed by atoms with Crippen molar-refractivity contribution in [3.63, 3.8) is 0 Å². The number of hydrogen-bond donors (Lipinski definition) is 1. The molecule has 0 spiro atoms. The summed E-state index contributed by atoms with van der Waals surface area (Å²) in [5.41, 5.74) is 8.57. The Morgan fingerprint density at radius 1 is 1.05 bits per heavy atom. The van der Waals surface area contributed by atoms with Crippen LogP contribution in [-0.2, 0) is 4.79 Å². The molecule has 104 valence electrons. The topological polar surface area (TPSA) is 60.9 Å². The zero-order valence-corrected chi connectivity index (χ0v) is 11.4. The standard InChI is InChI=1S/C17H15N3O/c18-17(21)16(20-10-9-19-12-20)15-8-4-7-14(11-15)13-5-2-1-3-6-13/h1-12,16H,(H2,18,21). The number of hydrogen-bond acceptors (Lipinski definition) is 2. The summed E-state index contributed by atoms with van der Waals surface area (Å²) in [6, 6.07) is 17.3. The summed E-state index contributed by atoms with van der Waals surface area (Å²) in [5, 5.41) is 0.